The Morgan fingerprint density at radius 1 is 1.11 bits per heavy atom. The number of carbonyl (C=O) groups is 1. The summed E-state index contributed by atoms with van der Waals surface area (Å²) in [6, 6.07) is 4.48. The topological polar surface area (TPSA) is 110 Å². The van der Waals surface area contributed by atoms with Crippen molar-refractivity contribution in [2.75, 3.05) is 39.8 Å². The molecule has 190 valence electrons. The van der Waals surface area contributed by atoms with Crippen molar-refractivity contribution >= 4 is 34.2 Å². The summed E-state index contributed by atoms with van der Waals surface area (Å²) < 4.78 is 51.0. The molecular formula is C23H23F2N5O5S. The maximum atomic E-state index is 14.7. The first-order chi connectivity index (χ1) is 17.4. The fourth-order valence-corrected chi connectivity index (χ4v) is 4.58. The van der Waals surface area contributed by atoms with Crippen molar-refractivity contribution in [2.24, 2.45) is 0 Å². The Kier molecular flexibility index (Phi) is 7.48. The van der Waals surface area contributed by atoms with Gasteiger partial charge in [-0.05, 0) is 6.92 Å². The number of rotatable bonds is 10. The molecule has 4 rings (SSSR count). The molecule has 0 fully saturated rings. The Hall–Kier alpha value is -4.00. The number of nitrogens with one attached hydrogen (secondary N) is 1. The third kappa shape index (κ3) is 4.73. The number of imidazole rings is 1. The largest absolute Gasteiger partial charge is 0.494 e. The normalized spacial score (nSPS) is 10.9. The van der Waals surface area contributed by atoms with Crippen LogP contribution in [0.25, 0.3) is 21.6 Å². The molecule has 0 spiro atoms. The zero-order valence-corrected chi connectivity index (χ0v) is 20.7. The van der Waals surface area contributed by atoms with E-state index in [1.807, 2.05) is 6.92 Å². The Morgan fingerprint density at radius 3 is 2.61 bits per heavy atom. The van der Waals surface area contributed by atoms with E-state index in [1.54, 1.807) is 12.1 Å². The van der Waals surface area contributed by atoms with Crippen LogP contribution in [-0.4, -0.2) is 60.0 Å². The second kappa shape index (κ2) is 10.7. The van der Waals surface area contributed by atoms with Crippen molar-refractivity contribution in [3.8, 4) is 28.1 Å². The molecule has 0 bridgehead atoms. The van der Waals surface area contributed by atoms with E-state index in [1.165, 1.54) is 43.6 Å². The van der Waals surface area contributed by atoms with Crippen molar-refractivity contribution in [1.29, 1.82) is 0 Å². The van der Waals surface area contributed by atoms with E-state index in [9.17, 15) is 13.6 Å². The van der Waals surface area contributed by atoms with Crippen molar-refractivity contribution in [3.05, 3.63) is 41.0 Å². The van der Waals surface area contributed by atoms with Gasteiger partial charge in [-0.25, -0.2) is 23.5 Å². The standard InChI is InChI=1S/C23H23F2N5O5S/c1-5-35-15-10-16(36-21(15)22(31)33-3)13-9-17(28-11-27-13)26-6-7-30-20-18(25)12(24)8-14(32-2)19(20)29-23(30)34-4/h8-11H,5-7H2,1-4H3,(H,26,27,28). The van der Waals surface area contributed by atoms with Gasteiger partial charge in [0.1, 0.15) is 34.7 Å². The van der Waals surface area contributed by atoms with E-state index in [2.05, 4.69) is 20.3 Å². The Labute approximate surface area is 208 Å². The predicted octanol–water partition coefficient (Wildman–Crippen LogP) is 4.15. The van der Waals surface area contributed by atoms with Gasteiger partial charge in [-0.2, -0.15) is 4.98 Å². The Bertz CT molecular complexity index is 1410. The zero-order valence-electron chi connectivity index (χ0n) is 19.9. The summed E-state index contributed by atoms with van der Waals surface area (Å²) in [6.45, 7) is 2.67. The van der Waals surface area contributed by atoms with Crippen LogP contribution < -0.4 is 19.5 Å². The van der Waals surface area contributed by atoms with Crippen LogP contribution in [0.4, 0.5) is 14.6 Å². The molecular weight excluding hydrogens is 496 g/mol. The molecule has 1 aromatic carbocycles. The van der Waals surface area contributed by atoms with Crippen LogP contribution in [0.2, 0.25) is 0 Å². The number of hydrogen-bond acceptors (Lipinski definition) is 10. The van der Waals surface area contributed by atoms with Crippen molar-refractivity contribution in [1.82, 2.24) is 19.5 Å². The van der Waals surface area contributed by atoms with E-state index in [0.717, 1.165) is 6.07 Å². The number of halogens is 2. The smallest absolute Gasteiger partial charge is 0.351 e. The number of ether oxygens (including phenoxy) is 4. The summed E-state index contributed by atoms with van der Waals surface area (Å²) in [5.41, 5.74) is 0.658. The lowest BCUT2D eigenvalue weighted by Gasteiger charge is -2.11. The number of esters is 1. The van der Waals surface area contributed by atoms with Crippen LogP contribution in [-0.2, 0) is 11.3 Å². The molecule has 3 aromatic heterocycles. The number of methoxy groups -OCH3 is 3. The van der Waals surface area contributed by atoms with Crippen LogP contribution in [0, 0.1) is 11.6 Å². The Balaban J connectivity index is 1.56. The van der Waals surface area contributed by atoms with Gasteiger partial charge in [-0.15, -0.1) is 11.3 Å². The average Bonchev–Trinajstić information content (AvgIpc) is 3.48. The van der Waals surface area contributed by atoms with E-state index < -0.39 is 17.6 Å². The molecule has 13 heteroatoms. The molecule has 0 unspecified atom stereocenters. The molecule has 0 amide bonds. The highest BCUT2D eigenvalue weighted by Gasteiger charge is 2.23. The number of nitrogens with zero attached hydrogens (tertiary/aromatic N) is 4. The van der Waals surface area contributed by atoms with E-state index >= 15 is 0 Å². The van der Waals surface area contributed by atoms with Gasteiger partial charge < -0.3 is 24.3 Å². The predicted molar refractivity (Wildman–Crippen MR) is 129 cm³/mol. The number of benzene rings is 1. The van der Waals surface area contributed by atoms with Gasteiger partial charge in [-0.3, -0.25) is 4.57 Å². The maximum Gasteiger partial charge on any atom is 0.351 e. The zero-order chi connectivity index (χ0) is 25.8. The Morgan fingerprint density at radius 2 is 1.92 bits per heavy atom. The van der Waals surface area contributed by atoms with Crippen LogP contribution >= 0.6 is 11.3 Å². The molecule has 0 atom stereocenters. The van der Waals surface area contributed by atoms with Crippen LogP contribution in [0.1, 0.15) is 16.6 Å². The van der Waals surface area contributed by atoms with Crippen LogP contribution in [0.3, 0.4) is 0 Å². The first kappa shape index (κ1) is 25.1. The molecule has 0 radical (unpaired) electrons. The van der Waals surface area contributed by atoms with Crippen LogP contribution in [0.15, 0.2) is 24.5 Å². The fourth-order valence-electron chi connectivity index (χ4n) is 3.59. The van der Waals surface area contributed by atoms with Gasteiger partial charge in [0.2, 0.25) is 0 Å². The highest BCUT2D eigenvalue weighted by atomic mass is 32.1. The third-order valence-electron chi connectivity index (χ3n) is 5.17. The molecule has 10 nitrogen and oxygen atoms in total. The lowest BCUT2D eigenvalue weighted by Crippen LogP contribution is -2.13. The second-order valence-corrected chi connectivity index (χ2v) is 8.32. The van der Waals surface area contributed by atoms with E-state index in [0.29, 0.717) is 33.6 Å². The van der Waals surface area contributed by atoms with Crippen molar-refractivity contribution in [3.63, 3.8) is 0 Å². The minimum absolute atomic E-state index is 0.0637. The van der Waals surface area contributed by atoms with Gasteiger partial charge in [0.15, 0.2) is 16.5 Å². The molecule has 0 aliphatic heterocycles. The second-order valence-electron chi connectivity index (χ2n) is 7.27. The SMILES string of the molecule is CCOc1cc(-c2cc(NCCn3c(OC)nc4c(OC)cc(F)c(F)c43)ncn2)sc1C(=O)OC. The monoisotopic (exact) mass is 519 g/mol. The summed E-state index contributed by atoms with van der Waals surface area (Å²) in [4.78, 5) is 25.9. The fraction of sp³-hybridized carbons (Fsp3) is 0.304. The number of aromatic nitrogens is 4. The molecule has 36 heavy (non-hydrogen) atoms. The first-order valence-corrected chi connectivity index (χ1v) is 11.6. The van der Waals surface area contributed by atoms with Gasteiger partial charge >= 0.3 is 5.97 Å². The van der Waals surface area contributed by atoms with Crippen LogP contribution in [0.5, 0.6) is 17.5 Å². The number of thiophene rings is 1. The lowest BCUT2D eigenvalue weighted by atomic mass is 10.2. The van der Waals surface area contributed by atoms with Gasteiger partial charge in [0, 0.05) is 31.3 Å². The average molecular weight is 520 g/mol. The van der Waals surface area contributed by atoms with Crippen molar-refractivity contribution < 1.29 is 32.5 Å². The molecule has 1 N–H and O–H groups in total. The summed E-state index contributed by atoms with van der Waals surface area (Å²) in [5.74, 6) is -1.59. The minimum atomic E-state index is -1.05. The molecule has 0 saturated heterocycles. The highest BCUT2D eigenvalue weighted by Crippen LogP contribution is 2.37. The summed E-state index contributed by atoms with van der Waals surface area (Å²) in [7, 11) is 4.05. The number of fused-ring (bicyclic) bond motifs is 1. The lowest BCUT2D eigenvalue weighted by molar-refractivity contribution is 0.0602. The molecule has 0 aliphatic carbocycles. The van der Waals surface area contributed by atoms with Crippen molar-refractivity contribution in [2.45, 2.75) is 13.5 Å². The van der Waals surface area contributed by atoms with Gasteiger partial charge in [-0.1, -0.05) is 0 Å². The summed E-state index contributed by atoms with van der Waals surface area (Å²) in [6.07, 6.45) is 1.38. The summed E-state index contributed by atoms with van der Waals surface area (Å²) >= 11 is 1.19. The quantitative estimate of drug-likeness (QED) is 0.309. The summed E-state index contributed by atoms with van der Waals surface area (Å²) in [5, 5.41) is 3.13. The number of hydrogen-bond donors (Lipinski definition) is 1. The molecule has 0 aliphatic rings. The van der Waals surface area contributed by atoms with E-state index in [-0.39, 0.29) is 35.9 Å². The highest BCUT2D eigenvalue weighted by molar-refractivity contribution is 7.17. The molecule has 3 heterocycles. The van der Waals surface area contributed by atoms with Gasteiger partial charge in [0.25, 0.3) is 6.01 Å². The minimum Gasteiger partial charge on any atom is -0.494 e. The first-order valence-electron chi connectivity index (χ1n) is 10.8. The molecule has 0 saturated carbocycles. The van der Waals surface area contributed by atoms with E-state index in [4.69, 9.17) is 18.9 Å². The number of anilines is 1. The number of carbonyl (C=O) groups excluding carboxylic acids is 1. The third-order valence-corrected chi connectivity index (χ3v) is 6.29. The molecule has 4 aromatic rings. The van der Waals surface area contributed by atoms with Gasteiger partial charge in [0.05, 0.1) is 38.5 Å². The maximum absolute atomic E-state index is 14.7.